The molecule has 6 heteroatoms. The molecular weight excluding hydrogens is 298 g/mol. The molecule has 0 aromatic heterocycles. The van der Waals surface area contributed by atoms with Gasteiger partial charge in [-0.1, -0.05) is 30.3 Å². The fraction of sp³-hybridized carbons (Fsp3) is 0.176. The van der Waals surface area contributed by atoms with Gasteiger partial charge in [0, 0.05) is 12.1 Å². The largest absolute Gasteiger partial charge is 0.493 e. The van der Waals surface area contributed by atoms with Gasteiger partial charge in [-0.15, -0.1) is 0 Å². The topological polar surface area (TPSA) is 73.9 Å². The molecule has 6 nitrogen and oxygen atoms in total. The van der Waals surface area contributed by atoms with Crippen molar-refractivity contribution in [2.24, 2.45) is 0 Å². The second kappa shape index (κ2) is 7.84. The highest BCUT2D eigenvalue weighted by Crippen LogP contribution is 2.38. The van der Waals surface area contributed by atoms with Gasteiger partial charge in [0.25, 0.3) is 0 Å². The zero-order valence-corrected chi connectivity index (χ0v) is 12.9. The first-order chi connectivity index (χ1) is 11.2. The standard InChI is InChI=1S/C17H17NO5/c1-21-14-8-13(11-19)9-15(22-2)16(14)23-17(20)18-10-12-6-4-3-5-7-12/h3-9,11H,10H2,1-2H3,(H,18,20). The lowest BCUT2D eigenvalue weighted by molar-refractivity contribution is 0.112. The number of amides is 1. The number of rotatable bonds is 6. The van der Waals surface area contributed by atoms with Gasteiger partial charge in [-0.2, -0.15) is 0 Å². The Hall–Kier alpha value is -3.02. The van der Waals surface area contributed by atoms with Crippen LogP contribution in [-0.2, 0) is 6.54 Å². The number of carbonyl (C=O) groups is 2. The van der Waals surface area contributed by atoms with Crippen LogP contribution in [0.3, 0.4) is 0 Å². The van der Waals surface area contributed by atoms with Crippen molar-refractivity contribution < 1.29 is 23.8 Å². The summed E-state index contributed by atoms with van der Waals surface area (Å²) in [5, 5.41) is 2.64. The van der Waals surface area contributed by atoms with Crippen molar-refractivity contribution in [2.75, 3.05) is 14.2 Å². The predicted octanol–water partition coefficient (Wildman–Crippen LogP) is 2.80. The minimum Gasteiger partial charge on any atom is -0.493 e. The van der Waals surface area contributed by atoms with E-state index >= 15 is 0 Å². The fourth-order valence-corrected chi connectivity index (χ4v) is 1.97. The lowest BCUT2D eigenvalue weighted by atomic mass is 10.2. The van der Waals surface area contributed by atoms with Gasteiger partial charge in [-0.25, -0.2) is 4.79 Å². The van der Waals surface area contributed by atoms with Crippen molar-refractivity contribution in [1.82, 2.24) is 5.32 Å². The third-order valence-electron chi connectivity index (χ3n) is 3.09. The lowest BCUT2D eigenvalue weighted by Gasteiger charge is -2.14. The van der Waals surface area contributed by atoms with Crippen LogP contribution in [0.15, 0.2) is 42.5 Å². The van der Waals surface area contributed by atoms with E-state index < -0.39 is 6.09 Å². The number of hydrogen-bond acceptors (Lipinski definition) is 5. The van der Waals surface area contributed by atoms with Crippen molar-refractivity contribution in [3.8, 4) is 17.2 Å². The van der Waals surface area contributed by atoms with Gasteiger partial charge < -0.3 is 19.5 Å². The molecule has 2 aromatic rings. The van der Waals surface area contributed by atoms with Gasteiger partial charge in [0.2, 0.25) is 5.75 Å². The number of aldehydes is 1. The van der Waals surface area contributed by atoms with Gasteiger partial charge in [-0.05, 0) is 17.7 Å². The molecule has 23 heavy (non-hydrogen) atoms. The first kappa shape index (κ1) is 16.4. The highest BCUT2D eigenvalue weighted by atomic mass is 16.6. The molecule has 0 spiro atoms. The summed E-state index contributed by atoms with van der Waals surface area (Å²) in [7, 11) is 2.83. The number of ether oxygens (including phenoxy) is 3. The van der Waals surface area contributed by atoms with Crippen molar-refractivity contribution >= 4 is 12.4 Å². The van der Waals surface area contributed by atoms with Crippen LogP contribution < -0.4 is 19.5 Å². The highest BCUT2D eigenvalue weighted by molar-refractivity contribution is 5.80. The van der Waals surface area contributed by atoms with Gasteiger partial charge in [0.15, 0.2) is 11.5 Å². The third kappa shape index (κ3) is 4.23. The number of methoxy groups -OCH3 is 2. The molecule has 0 atom stereocenters. The number of benzene rings is 2. The molecule has 0 aliphatic carbocycles. The molecule has 0 aliphatic heterocycles. The summed E-state index contributed by atoms with van der Waals surface area (Å²) in [6.45, 7) is 0.330. The highest BCUT2D eigenvalue weighted by Gasteiger charge is 2.17. The van der Waals surface area contributed by atoms with Gasteiger partial charge in [-0.3, -0.25) is 4.79 Å². The van der Waals surface area contributed by atoms with Crippen LogP contribution in [0.4, 0.5) is 4.79 Å². The molecule has 0 unspecified atom stereocenters. The minimum atomic E-state index is -0.649. The molecule has 0 bridgehead atoms. The van der Waals surface area contributed by atoms with Crippen LogP contribution in [0, 0.1) is 0 Å². The Morgan fingerprint density at radius 2 is 1.70 bits per heavy atom. The van der Waals surface area contributed by atoms with Crippen LogP contribution in [0.5, 0.6) is 17.2 Å². The Morgan fingerprint density at radius 1 is 1.09 bits per heavy atom. The average molecular weight is 315 g/mol. The van der Waals surface area contributed by atoms with E-state index in [0.717, 1.165) is 5.56 Å². The molecule has 1 amide bonds. The molecule has 1 N–H and O–H groups in total. The van der Waals surface area contributed by atoms with Gasteiger partial charge in [0.1, 0.15) is 6.29 Å². The van der Waals surface area contributed by atoms with Gasteiger partial charge >= 0.3 is 6.09 Å². The summed E-state index contributed by atoms with van der Waals surface area (Å²) in [6.07, 6.45) is 0.00825. The van der Waals surface area contributed by atoms with Crippen LogP contribution >= 0.6 is 0 Å². The Bertz CT molecular complexity index is 660. The predicted molar refractivity (Wildman–Crippen MR) is 84.2 cm³/mol. The van der Waals surface area contributed by atoms with Crippen molar-refractivity contribution in [2.45, 2.75) is 6.54 Å². The number of carbonyl (C=O) groups excluding carboxylic acids is 2. The molecular formula is C17H17NO5. The number of hydrogen-bond donors (Lipinski definition) is 1. The summed E-state index contributed by atoms with van der Waals surface area (Å²) in [5.41, 5.74) is 1.30. The quantitative estimate of drug-likeness (QED) is 0.830. The second-order valence-corrected chi connectivity index (χ2v) is 4.60. The maximum atomic E-state index is 12.0. The Morgan fingerprint density at radius 3 is 2.22 bits per heavy atom. The molecule has 2 rings (SSSR count). The summed E-state index contributed by atoms with van der Waals surface area (Å²) in [5.74, 6) is 0.591. The van der Waals surface area contributed by atoms with E-state index in [1.54, 1.807) is 0 Å². The molecule has 0 aliphatic rings. The molecule has 0 saturated heterocycles. The fourth-order valence-electron chi connectivity index (χ4n) is 1.97. The van der Waals surface area contributed by atoms with E-state index in [0.29, 0.717) is 18.4 Å². The first-order valence-electron chi connectivity index (χ1n) is 6.88. The lowest BCUT2D eigenvalue weighted by Crippen LogP contribution is -2.26. The Balaban J connectivity index is 2.12. The van der Waals surface area contributed by atoms with E-state index in [1.165, 1.54) is 26.4 Å². The Kier molecular flexibility index (Phi) is 5.57. The minimum absolute atomic E-state index is 0.117. The molecule has 0 saturated carbocycles. The third-order valence-corrected chi connectivity index (χ3v) is 3.09. The van der Waals surface area contributed by atoms with Crippen LogP contribution in [0.2, 0.25) is 0 Å². The molecule has 0 fully saturated rings. The van der Waals surface area contributed by atoms with Crippen LogP contribution in [-0.4, -0.2) is 26.6 Å². The Labute approximate surface area is 134 Å². The van der Waals surface area contributed by atoms with E-state index in [-0.39, 0.29) is 17.2 Å². The zero-order valence-electron chi connectivity index (χ0n) is 12.9. The molecule has 2 aromatic carbocycles. The van der Waals surface area contributed by atoms with Crippen LogP contribution in [0.25, 0.3) is 0 Å². The molecule has 0 heterocycles. The zero-order chi connectivity index (χ0) is 16.7. The molecule has 120 valence electrons. The summed E-state index contributed by atoms with van der Waals surface area (Å²) < 4.78 is 15.6. The van der Waals surface area contributed by atoms with Crippen molar-refractivity contribution in [1.29, 1.82) is 0 Å². The maximum Gasteiger partial charge on any atom is 0.413 e. The van der Waals surface area contributed by atoms with Crippen molar-refractivity contribution in [3.63, 3.8) is 0 Å². The van der Waals surface area contributed by atoms with E-state index in [9.17, 15) is 9.59 Å². The van der Waals surface area contributed by atoms with E-state index in [2.05, 4.69) is 5.32 Å². The summed E-state index contributed by atoms with van der Waals surface area (Å²) in [6, 6.07) is 12.4. The average Bonchev–Trinajstić information content (AvgIpc) is 2.60. The van der Waals surface area contributed by atoms with E-state index in [4.69, 9.17) is 14.2 Å². The van der Waals surface area contributed by atoms with Crippen LogP contribution in [0.1, 0.15) is 15.9 Å². The normalized spacial score (nSPS) is 9.83. The number of nitrogens with one attached hydrogen (secondary N) is 1. The monoisotopic (exact) mass is 315 g/mol. The first-order valence-corrected chi connectivity index (χ1v) is 6.88. The summed E-state index contributed by atoms with van der Waals surface area (Å²) in [4.78, 5) is 22.9. The van der Waals surface area contributed by atoms with Crippen molar-refractivity contribution in [3.05, 3.63) is 53.6 Å². The summed E-state index contributed by atoms with van der Waals surface area (Å²) >= 11 is 0. The van der Waals surface area contributed by atoms with E-state index in [1.807, 2.05) is 30.3 Å². The smallest absolute Gasteiger partial charge is 0.413 e. The maximum absolute atomic E-state index is 12.0. The second-order valence-electron chi connectivity index (χ2n) is 4.60. The molecule has 0 radical (unpaired) electrons. The van der Waals surface area contributed by atoms with Gasteiger partial charge in [0.05, 0.1) is 14.2 Å². The SMILES string of the molecule is COc1cc(C=O)cc(OC)c1OC(=O)NCc1ccccc1.